The molecule has 4 aromatic rings. The summed E-state index contributed by atoms with van der Waals surface area (Å²) in [6.45, 7) is 32.7. The largest absolute Gasteiger partial charge is 0.508 e. The Bertz CT molecular complexity index is 1650. The van der Waals surface area contributed by atoms with Crippen molar-refractivity contribution in [1.82, 2.24) is 0 Å². The first-order valence-electron chi connectivity index (χ1n) is 19.4. The van der Waals surface area contributed by atoms with Gasteiger partial charge in [0.05, 0.1) is 11.1 Å². The predicted molar refractivity (Wildman–Crippen MR) is 228 cm³/mol. The zero-order chi connectivity index (χ0) is 43.4. The average Bonchev–Trinajstić information content (AvgIpc) is 3.11. The van der Waals surface area contributed by atoms with Crippen molar-refractivity contribution in [2.24, 2.45) is 0 Å². The number of phenols is 4. The van der Waals surface area contributed by atoms with E-state index in [1.807, 2.05) is 135 Å². The zero-order valence-corrected chi connectivity index (χ0v) is 36.8. The van der Waals surface area contributed by atoms with Crippen LogP contribution >= 0.6 is 0 Å². The number of hydrogen-bond donors (Lipinski definition) is 4. The van der Waals surface area contributed by atoms with Gasteiger partial charge in [-0.2, -0.15) is 0 Å². The van der Waals surface area contributed by atoms with Gasteiger partial charge in [0.2, 0.25) is 0 Å². The number of hydrogen-bond acceptors (Lipinski definition) is 8. The number of rotatable bonds is 6. The molecule has 0 radical (unpaired) electrons. The van der Waals surface area contributed by atoms with Crippen molar-refractivity contribution in [1.29, 1.82) is 0 Å². The Morgan fingerprint density at radius 1 is 0.429 bits per heavy atom. The van der Waals surface area contributed by atoms with E-state index in [0.717, 1.165) is 33.4 Å². The maximum Gasteiger partial charge on any atom is 0.338 e. The second-order valence-corrected chi connectivity index (χ2v) is 17.3. The fourth-order valence-corrected chi connectivity index (χ4v) is 5.50. The van der Waals surface area contributed by atoms with Crippen LogP contribution in [0.4, 0.5) is 0 Å². The molecule has 308 valence electrons. The lowest BCUT2D eigenvalue weighted by Crippen LogP contribution is -2.18. The normalized spacial score (nSPS) is 11.4. The highest BCUT2D eigenvalue weighted by atomic mass is 16.5. The molecule has 0 fully saturated rings. The number of carbonyl (C=O) groups is 2. The van der Waals surface area contributed by atoms with E-state index in [4.69, 9.17) is 9.47 Å². The lowest BCUT2D eigenvalue weighted by molar-refractivity contribution is 0.0463. The summed E-state index contributed by atoms with van der Waals surface area (Å²) in [5, 5.41) is 40.1. The molecule has 4 rings (SSSR count). The van der Waals surface area contributed by atoms with E-state index >= 15 is 0 Å². The highest BCUT2D eigenvalue weighted by molar-refractivity contribution is 5.90. The summed E-state index contributed by atoms with van der Waals surface area (Å²) in [6.07, 6.45) is 0. The standard InChI is InChI=1S/2C22H28O4.2C2H6/c2*1-21(2,3)17-11-14(12-18(19(17)24)22(4,5)6)13-26-20(25)15-7-9-16(23)10-8-15;2*1-2/h2*7-12,23-24H,13H2,1-6H3;2*1-2H3. The van der Waals surface area contributed by atoms with Crippen molar-refractivity contribution in [3.63, 3.8) is 0 Å². The van der Waals surface area contributed by atoms with Crippen LogP contribution in [-0.4, -0.2) is 32.4 Å². The van der Waals surface area contributed by atoms with Crippen LogP contribution in [0.1, 0.15) is 165 Å². The fourth-order valence-electron chi connectivity index (χ4n) is 5.50. The third-order valence-electron chi connectivity index (χ3n) is 8.52. The number of esters is 2. The summed E-state index contributed by atoms with van der Waals surface area (Å²) in [5.41, 5.74) is 4.84. The molecule has 0 aliphatic heterocycles. The molecular formula is C48H68O8. The molecule has 0 aromatic heterocycles. The first kappa shape index (κ1) is 49.0. The topological polar surface area (TPSA) is 134 Å². The van der Waals surface area contributed by atoms with Crippen LogP contribution in [0.2, 0.25) is 0 Å². The van der Waals surface area contributed by atoms with Crippen molar-refractivity contribution >= 4 is 11.9 Å². The Balaban J connectivity index is 0.000000514. The molecule has 0 bridgehead atoms. The maximum absolute atomic E-state index is 12.2. The third kappa shape index (κ3) is 14.3. The maximum atomic E-state index is 12.2. The summed E-state index contributed by atoms with van der Waals surface area (Å²) < 4.78 is 10.9. The SMILES string of the molecule is CC.CC.CC(C)(C)c1cc(COC(=O)c2ccc(O)cc2)cc(C(C)(C)C)c1O.CC(C)(C)c1cc(COC(=O)c2ccc(O)cc2)cc(C(C)(C)C)c1O. The van der Waals surface area contributed by atoms with Crippen molar-refractivity contribution < 1.29 is 39.5 Å². The van der Waals surface area contributed by atoms with E-state index in [2.05, 4.69) is 0 Å². The Morgan fingerprint density at radius 3 is 0.839 bits per heavy atom. The summed E-state index contributed by atoms with van der Waals surface area (Å²) in [5.74, 6) is -0.0907. The number of aromatic hydroxyl groups is 4. The van der Waals surface area contributed by atoms with Gasteiger partial charge in [-0.3, -0.25) is 0 Å². The van der Waals surface area contributed by atoms with Gasteiger partial charge in [-0.1, -0.05) is 111 Å². The quantitative estimate of drug-likeness (QED) is 0.142. The first-order valence-corrected chi connectivity index (χ1v) is 19.4. The smallest absolute Gasteiger partial charge is 0.338 e. The van der Waals surface area contributed by atoms with Crippen molar-refractivity contribution in [3.8, 4) is 23.0 Å². The molecule has 0 saturated heterocycles. The molecule has 0 heterocycles. The molecule has 0 saturated carbocycles. The molecule has 0 spiro atoms. The molecule has 0 unspecified atom stereocenters. The van der Waals surface area contributed by atoms with Crippen molar-refractivity contribution in [2.75, 3.05) is 0 Å². The summed E-state index contributed by atoms with van der Waals surface area (Å²) in [7, 11) is 0. The van der Waals surface area contributed by atoms with Crippen LogP contribution in [-0.2, 0) is 44.3 Å². The van der Waals surface area contributed by atoms with Gasteiger partial charge < -0.3 is 29.9 Å². The Morgan fingerprint density at radius 2 is 0.643 bits per heavy atom. The summed E-state index contributed by atoms with van der Waals surface area (Å²) in [6, 6.07) is 19.5. The molecule has 4 N–H and O–H groups in total. The first-order chi connectivity index (χ1) is 25.8. The Kier molecular flexibility index (Phi) is 17.7. The Hall–Kier alpha value is -4.98. The molecule has 0 aliphatic rings. The highest BCUT2D eigenvalue weighted by Gasteiger charge is 2.28. The molecule has 0 aliphatic carbocycles. The second-order valence-electron chi connectivity index (χ2n) is 17.3. The van der Waals surface area contributed by atoms with Gasteiger partial charge in [-0.15, -0.1) is 0 Å². The van der Waals surface area contributed by atoms with E-state index in [1.54, 1.807) is 0 Å². The number of carbonyl (C=O) groups excluding carboxylic acids is 2. The summed E-state index contributed by atoms with van der Waals surface area (Å²) in [4.78, 5) is 24.4. The minimum Gasteiger partial charge on any atom is -0.508 e. The van der Waals surface area contributed by atoms with Gasteiger partial charge in [0.25, 0.3) is 0 Å². The molecule has 8 nitrogen and oxygen atoms in total. The predicted octanol–water partition coefficient (Wildman–Crippen LogP) is 12.2. The summed E-state index contributed by atoms with van der Waals surface area (Å²) >= 11 is 0. The highest BCUT2D eigenvalue weighted by Crippen LogP contribution is 2.41. The zero-order valence-electron chi connectivity index (χ0n) is 36.8. The average molecular weight is 773 g/mol. The van der Waals surface area contributed by atoms with E-state index in [-0.39, 0.29) is 46.4 Å². The van der Waals surface area contributed by atoms with E-state index in [1.165, 1.54) is 48.5 Å². The van der Waals surface area contributed by atoms with E-state index in [9.17, 15) is 30.0 Å². The molecular weight excluding hydrogens is 705 g/mol. The fraction of sp³-hybridized carbons (Fsp3) is 0.458. The lowest BCUT2D eigenvalue weighted by atomic mass is 9.78. The van der Waals surface area contributed by atoms with Crippen LogP contribution in [0.3, 0.4) is 0 Å². The third-order valence-corrected chi connectivity index (χ3v) is 8.52. The molecule has 56 heavy (non-hydrogen) atoms. The molecule has 8 heteroatoms. The van der Waals surface area contributed by atoms with E-state index in [0.29, 0.717) is 22.6 Å². The number of ether oxygens (including phenoxy) is 2. The van der Waals surface area contributed by atoms with Crippen molar-refractivity contribution in [3.05, 3.63) is 117 Å². The number of phenolic OH excluding ortho intramolecular Hbond substituents is 4. The van der Waals surface area contributed by atoms with Gasteiger partial charge in [0.15, 0.2) is 0 Å². The van der Waals surface area contributed by atoms with Gasteiger partial charge in [-0.05, 0) is 128 Å². The monoisotopic (exact) mass is 772 g/mol. The van der Waals surface area contributed by atoms with Crippen molar-refractivity contribution in [2.45, 2.75) is 146 Å². The van der Waals surface area contributed by atoms with Gasteiger partial charge >= 0.3 is 11.9 Å². The van der Waals surface area contributed by atoms with Crippen LogP contribution in [0, 0.1) is 0 Å². The Labute approximate surface area is 336 Å². The second kappa shape index (κ2) is 20.3. The molecule has 0 atom stereocenters. The van der Waals surface area contributed by atoms with E-state index < -0.39 is 11.9 Å². The van der Waals surface area contributed by atoms with Crippen LogP contribution < -0.4 is 0 Å². The number of benzene rings is 4. The van der Waals surface area contributed by atoms with Crippen LogP contribution in [0.5, 0.6) is 23.0 Å². The van der Waals surface area contributed by atoms with Crippen LogP contribution in [0.15, 0.2) is 72.8 Å². The van der Waals surface area contributed by atoms with Crippen LogP contribution in [0.25, 0.3) is 0 Å². The van der Waals surface area contributed by atoms with Gasteiger partial charge in [-0.25, -0.2) is 9.59 Å². The minimum atomic E-state index is -0.451. The lowest BCUT2D eigenvalue weighted by Gasteiger charge is -2.28. The van der Waals surface area contributed by atoms with Gasteiger partial charge in [0.1, 0.15) is 36.2 Å². The minimum absolute atomic E-state index is 0.102. The molecule has 4 aromatic carbocycles. The molecule has 0 amide bonds. The van der Waals surface area contributed by atoms with Gasteiger partial charge in [0, 0.05) is 0 Å².